The summed E-state index contributed by atoms with van der Waals surface area (Å²) in [7, 11) is -2.44. The van der Waals surface area contributed by atoms with Crippen LogP contribution in [0.1, 0.15) is 19.4 Å². The average Bonchev–Trinajstić information content (AvgIpc) is 2.65. The number of anilines is 1. The van der Waals surface area contributed by atoms with E-state index in [-0.39, 0.29) is 10.6 Å². The second kappa shape index (κ2) is 10.2. The quantitative estimate of drug-likeness (QED) is 0.529. The molecule has 11 heteroatoms. The number of carbonyl (C=O) groups is 1. The van der Waals surface area contributed by atoms with Crippen LogP contribution in [0.5, 0.6) is 5.88 Å². The molecule has 0 fully saturated rings. The number of aromatic nitrogens is 1. The minimum absolute atomic E-state index is 0.0913. The van der Waals surface area contributed by atoms with Crippen molar-refractivity contribution in [3.63, 3.8) is 0 Å². The van der Waals surface area contributed by atoms with E-state index in [4.69, 9.17) is 21.1 Å². The Morgan fingerprint density at radius 1 is 1.23 bits per heavy atom. The number of pyridine rings is 1. The van der Waals surface area contributed by atoms with Gasteiger partial charge in [-0.25, -0.2) is 17.8 Å². The molecule has 0 saturated carbocycles. The number of hydrogen-bond donors (Lipinski definition) is 2. The topological polar surface area (TPSA) is 107 Å². The highest BCUT2D eigenvalue weighted by atomic mass is 35.5. The summed E-state index contributed by atoms with van der Waals surface area (Å²) in [6.45, 7) is 3.56. The van der Waals surface area contributed by atoms with Crippen LogP contribution in [0.25, 0.3) is 0 Å². The first-order chi connectivity index (χ1) is 14.0. The lowest BCUT2D eigenvalue weighted by molar-refractivity contribution is -0.120. The van der Waals surface area contributed by atoms with Crippen molar-refractivity contribution in [3.05, 3.63) is 52.9 Å². The molecule has 0 saturated heterocycles. The van der Waals surface area contributed by atoms with Crippen LogP contribution in [-0.2, 0) is 25.3 Å². The lowest BCUT2D eigenvalue weighted by Gasteiger charge is -2.25. The van der Waals surface area contributed by atoms with Gasteiger partial charge in [0.05, 0.1) is 24.2 Å². The van der Waals surface area contributed by atoms with Crippen LogP contribution in [0.4, 0.5) is 10.1 Å². The molecule has 0 aliphatic carbocycles. The minimum Gasteiger partial charge on any atom is -0.475 e. The first-order valence-electron chi connectivity index (χ1n) is 8.87. The number of halogens is 2. The van der Waals surface area contributed by atoms with Crippen LogP contribution in [-0.4, -0.2) is 45.2 Å². The summed E-state index contributed by atoms with van der Waals surface area (Å²) < 4.78 is 50.9. The van der Waals surface area contributed by atoms with Gasteiger partial charge in [-0.2, -0.15) is 4.72 Å². The third-order valence-corrected chi connectivity index (χ3v) is 5.74. The fourth-order valence-electron chi connectivity index (χ4n) is 2.39. The van der Waals surface area contributed by atoms with Crippen LogP contribution in [0.2, 0.25) is 5.02 Å². The molecule has 1 heterocycles. The van der Waals surface area contributed by atoms with E-state index in [1.165, 1.54) is 26.1 Å². The zero-order valence-corrected chi connectivity index (χ0v) is 18.3. The Bertz CT molecular complexity index is 984. The first kappa shape index (κ1) is 24.0. The molecule has 164 valence electrons. The van der Waals surface area contributed by atoms with Crippen LogP contribution in [0, 0.1) is 5.82 Å². The lowest BCUT2D eigenvalue weighted by atomic mass is 10.1. The Kier molecular flexibility index (Phi) is 8.13. The normalized spacial score (nSPS) is 11.9. The summed E-state index contributed by atoms with van der Waals surface area (Å²) in [6.07, 6.45) is 1.39. The predicted molar refractivity (Wildman–Crippen MR) is 111 cm³/mol. The lowest BCUT2D eigenvalue weighted by Crippen LogP contribution is -2.52. The Morgan fingerprint density at radius 2 is 1.97 bits per heavy atom. The number of sulfonamides is 1. The van der Waals surface area contributed by atoms with Gasteiger partial charge in [-0.05, 0) is 43.7 Å². The molecule has 8 nitrogen and oxygen atoms in total. The maximum absolute atomic E-state index is 13.4. The zero-order valence-electron chi connectivity index (χ0n) is 16.7. The Balaban J connectivity index is 2.01. The molecule has 0 aliphatic heterocycles. The van der Waals surface area contributed by atoms with Gasteiger partial charge in [0.2, 0.25) is 21.8 Å². The number of nitrogens with zero attached hydrogens (tertiary/aromatic N) is 1. The molecular weight excluding hydrogens is 437 g/mol. The van der Waals surface area contributed by atoms with E-state index in [2.05, 4.69) is 15.0 Å². The van der Waals surface area contributed by atoms with Gasteiger partial charge >= 0.3 is 0 Å². The third kappa shape index (κ3) is 7.21. The Morgan fingerprint density at radius 3 is 2.60 bits per heavy atom. The molecular formula is C19H23ClFN3O5S. The van der Waals surface area contributed by atoms with E-state index in [1.54, 1.807) is 19.2 Å². The van der Waals surface area contributed by atoms with E-state index in [9.17, 15) is 17.6 Å². The number of nitrogens with one attached hydrogen (secondary N) is 2. The number of benzene rings is 1. The molecule has 0 atom stereocenters. The summed E-state index contributed by atoms with van der Waals surface area (Å²) in [4.78, 5) is 16.6. The van der Waals surface area contributed by atoms with Crippen molar-refractivity contribution < 1.29 is 27.1 Å². The molecule has 2 rings (SSSR count). The molecule has 1 amide bonds. The Labute approximate surface area is 179 Å². The molecule has 2 aromatic rings. The number of hydrogen-bond acceptors (Lipinski definition) is 6. The van der Waals surface area contributed by atoms with Crippen LogP contribution in [0.3, 0.4) is 0 Å². The summed E-state index contributed by atoms with van der Waals surface area (Å²) in [5, 5.41) is 2.70. The highest BCUT2D eigenvalue weighted by molar-refractivity contribution is 7.88. The SMILES string of the molecule is COCCOc1ccc(NC(=O)C(C)(C)NS(=O)(=O)Cc2cc(F)ccc2Cl)cn1. The molecule has 0 unspecified atom stereocenters. The van der Waals surface area contributed by atoms with E-state index < -0.39 is 33.0 Å². The minimum atomic E-state index is -4.00. The fraction of sp³-hybridized carbons (Fsp3) is 0.368. The monoisotopic (exact) mass is 459 g/mol. The first-order valence-corrected chi connectivity index (χ1v) is 10.9. The molecule has 0 aliphatic rings. The average molecular weight is 460 g/mol. The van der Waals surface area contributed by atoms with Crippen molar-refractivity contribution in [3.8, 4) is 5.88 Å². The number of methoxy groups -OCH3 is 1. The van der Waals surface area contributed by atoms with Crippen LogP contribution < -0.4 is 14.8 Å². The van der Waals surface area contributed by atoms with Crippen molar-refractivity contribution in [2.24, 2.45) is 0 Å². The molecule has 0 radical (unpaired) electrons. The van der Waals surface area contributed by atoms with Gasteiger partial charge in [-0.1, -0.05) is 11.6 Å². The third-order valence-electron chi connectivity index (χ3n) is 3.86. The predicted octanol–water partition coefficient (Wildman–Crippen LogP) is 2.74. The van der Waals surface area contributed by atoms with Crippen LogP contribution >= 0.6 is 11.6 Å². The van der Waals surface area contributed by atoms with Crippen molar-refractivity contribution in [1.82, 2.24) is 9.71 Å². The molecule has 0 spiro atoms. The van der Waals surface area contributed by atoms with Crippen molar-refractivity contribution >= 4 is 33.2 Å². The zero-order chi connectivity index (χ0) is 22.4. The molecule has 1 aromatic carbocycles. The fourth-order valence-corrected chi connectivity index (χ4v) is 4.24. The maximum Gasteiger partial charge on any atom is 0.245 e. The molecule has 2 N–H and O–H groups in total. The Hall–Kier alpha value is -2.27. The van der Waals surface area contributed by atoms with Crippen LogP contribution in [0.15, 0.2) is 36.5 Å². The van der Waals surface area contributed by atoms with Crippen molar-refractivity contribution in [1.29, 1.82) is 0 Å². The smallest absolute Gasteiger partial charge is 0.245 e. The van der Waals surface area contributed by atoms with E-state index >= 15 is 0 Å². The summed E-state index contributed by atoms with van der Waals surface area (Å²) in [5.74, 6) is -1.43. The summed E-state index contributed by atoms with van der Waals surface area (Å²) in [5.41, 5.74) is -1.04. The van der Waals surface area contributed by atoms with Gasteiger partial charge < -0.3 is 14.8 Å². The van der Waals surface area contributed by atoms with E-state index in [0.29, 0.717) is 24.8 Å². The van der Waals surface area contributed by atoms with Gasteiger partial charge in [0.25, 0.3) is 0 Å². The van der Waals surface area contributed by atoms with Gasteiger partial charge in [0.15, 0.2) is 0 Å². The highest BCUT2D eigenvalue weighted by Crippen LogP contribution is 2.21. The van der Waals surface area contributed by atoms with Gasteiger partial charge in [0, 0.05) is 18.2 Å². The van der Waals surface area contributed by atoms with E-state index in [1.807, 2.05) is 0 Å². The molecule has 0 bridgehead atoms. The summed E-state index contributed by atoms with van der Waals surface area (Å²) in [6, 6.07) is 6.58. The van der Waals surface area contributed by atoms with Crippen molar-refractivity contribution in [2.75, 3.05) is 25.6 Å². The molecule has 1 aromatic heterocycles. The van der Waals surface area contributed by atoms with Gasteiger partial charge in [-0.3, -0.25) is 4.79 Å². The van der Waals surface area contributed by atoms with E-state index in [0.717, 1.165) is 12.1 Å². The number of rotatable bonds is 10. The number of amides is 1. The second-order valence-electron chi connectivity index (χ2n) is 6.90. The molecule has 30 heavy (non-hydrogen) atoms. The number of carbonyl (C=O) groups excluding carboxylic acids is 1. The standard InChI is InChI=1S/C19H23ClFN3O5S/c1-19(2,24-30(26,27)12-13-10-14(21)4-6-16(13)20)18(25)23-15-5-7-17(22-11-15)29-9-8-28-3/h4-7,10-11,24H,8-9,12H2,1-3H3,(H,23,25). The van der Waals surface area contributed by atoms with Gasteiger partial charge in [0.1, 0.15) is 18.0 Å². The largest absolute Gasteiger partial charge is 0.475 e. The number of ether oxygens (including phenoxy) is 2. The second-order valence-corrected chi connectivity index (χ2v) is 9.03. The van der Waals surface area contributed by atoms with Crippen molar-refractivity contribution in [2.45, 2.75) is 25.1 Å². The maximum atomic E-state index is 13.4. The highest BCUT2D eigenvalue weighted by Gasteiger charge is 2.33. The summed E-state index contributed by atoms with van der Waals surface area (Å²) >= 11 is 5.93. The van der Waals surface area contributed by atoms with Gasteiger partial charge in [-0.15, -0.1) is 0 Å².